The maximum Gasteiger partial charge on any atom is 0.0406 e. The highest BCUT2D eigenvalue weighted by molar-refractivity contribution is 6.30. The SMILES string of the molecule is CCC(CC)[C@H](NC)c1ccc(Cl)cc1. The average Bonchev–Trinajstić information content (AvgIpc) is 2.27. The van der Waals surface area contributed by atoms with Gasteiger partial charge in [0.05, 0.1) is 0 Å². The van der Waals surface area contributed by atoms with E-state index in [2.05, 4.69) is 31.3 Å². The van der Waals surface area contributed by atoms with Crippen LogP contribution in [0.2, 0.25) is 5.02 Å². The van der Waals surface area contributed by atoms with Gasteiger partial charge in [-0.05, 0) is 30.7 Å². The smallest absolute Gasteiger partial charge is 0.0406 e. The van der Waals surface area contributed by atoms with Gasteiger partial charge in [0.1, 0.15) is 0 Å². The van der Waals surface area contributed by atoms with Gasteiger partial charge in [-0.15, -0.1) is 0 Å². The van der Waals surface area contributed by atoms with E-state index in [0.29, 0.717) is 12.0 Å². The molecule has 84 valence electrons. The molecule has 0 saturated carbocycles. The lowest BCUT2D eigenvalue weighted by molar-refractivity contribution is 0.359. The minimum absolute atomic E-state index is 0.442. The molecule has 0 unspecified atom stereocenters. The van der Waals surface area contributed by atoms with E-state index in [1.807, 2.05) is 19.2 Å². The van der Waals surface area contributed by atoms with Crippen molar-refractivity contribution >= 4 is 11.6 Å². The van der Waals surface area contributed by atoms with Crippen molar-refractivity contribution in [2.24, 2.45) is 5.92 Å². The van der Waals surface area contributed by atoms with Crippen LogP contribution in [0.5, 0.6) is 0 Å². The van der Waals surface area contributed by atoms with Crippen molar-refractivity contribution in [1.29, 1.82) is 0 Å². The van der Waals surface area contributed by atoms with E-state index in [0.717, 1.165) is 5.02 Å². The van der Waals surface area contributed by atoms with E-state index in [-0.39, 0.29) is 0 Å². The first-order valence-electron chi connectivity index (χ1n) is 5.65. The van der Waals surface area contributed by atoms with E-state index < -0.39 is 0 Å². The fourth-order valence-electron chi connectivity index (χ4n) is 2.10. The Kier molecular flexibility index (Phi) is 5.13. The third kappa shape index (κ3) is 3.22. The summed E-state index contributed by atoms with van der Waals surface area (Å²) in [5, 5.41) is 4.20. The number of halogens is 1. The van der Waals surface area contributed by atoms with Crippen LogP contribution < -0.4 is 5.32 Å². The van der Waals surface area contributed by atoms with Crippen molar-refractivity contribution in [3.63, 3.8) is 0 Å². The third-order valence-corrected chi connectivity index (χ3v) is 3.31. The highest BCUT2D eigenvalue weighted by Crippen LogP contribution is 2.27. The molecule has 0 aliphatic heterocycles. The Morgan fingerprint density at radius 2 is 1.67 bits per heavy atom. The highest BCUT2D eigenvalue weighted by Gasteiger charge is 2.17. The topological polar surface area (TPSA) is 12.0 Å². The first kappa shape index (κ1) is 12.5. The molecule has 0 aliphatic carbocycles. The largest absolute Gasteiger partial charge is 0.313 e. The van der Waals surface area contributed by atoms with Gasteiger partial charge in [-0.3, -0.25) is 0 Å². The molecule has 1 aromatic carbocycles. The summed E-state index contributed by atoms with van der Waals surface area (Å²) in [6.45, 7) is 4.49. The number of rotatable bonds is 5. The fraction of sp³-hybridized carbons (Fsp3) is 0.538. The van der Waals surface area contributed by atoms with Crippen LogP contribution >= 0.6 is 11.6 Å². The molecule has 1 aromatic rings. The zero-order valence-corrected chi connectivity index (χ0v) is 10.5. The Balaban J connectivity index is 2.86. The summed E-state index contributed by atoms with van der Waals surface area (Å²) in [5.74, 6) is 0.691. The van der Waals surface area contributed by atoms with E-state index in [1.165, 1.54) is 18.4 Å². The van der Waals surface area contributed by atoms with Crippen molar-refractivity contribution < 1.29 is 0 Å². The molecule has 2 heteroatoms. The summed E-state index contributed by atoms with van der Waals surface area (Å²) < 4.78 is 0. The van der Waals surface area contributed by atoms with Gasteiger partial charge in [0.2, 0.25) is 0 Å². The van der Waals surface area contributed by atoms with Crippen molar-refractivity contribution in [3.05, 3.63) is 34.9 Å². The summed E-state index contributed by atoms with van der Waals surface area (Å²) in [7, 11) is 2.03. The monoisotopic (exact) mass is 225 g/mol. The van der Waals surface area contributed by atoms with Gasteiger partial charge in [-0.1, -0.05) is 50.4 Å². The van der Waals surface area contributed by atoms with Gasteiger partial charge in [-0.25, -0.2) is 0 Å². The minimum Gasteiger partial charge on any atom is -0.313 e. The average molecular weight is 226 g/mol. The normalized spacial score (nSPS) is 13.1. The standard InChI is InChI=1S/C13H20ClN/c1-4-10(5-2)13(15-3)11-6-8-12(14)9-7-11/h6-10,13,15H,4-5H2,1-3H3/t13-/m0/s1. The van der Waals surface area contributed by atoms with Crippen LogP contribution in [0.15, 0.2) is 24.3 Å². The Bertz CT molecular complexity index is 277. The summed E-state index contributed by atoms with van der Waals surface area (Å²) in [6, 6.07) is 8.59. The predicted molar refractivity (Wildman–Crippen MR) is 67.3 cm³/mol. The number of benzene rings is 1. The number of nitrogens with one attached hydrogen (secondary N) is 1. The third-order valence-electron chi connectivity index (χ3n) is 3.06. The maximum absolute atomic E-state index is 5.89. The molecule has 1 atom stereocenters. The van der Waals surface area contributed by atoms with Gasteiger partial charge in [-0.2, -0.15) is 0 Å². The first-order valence-corrected chi connectivity index (χ1v) is 6.03. The van der Waals surface area contributed by atoms with Gasteiger partial charge in [0.15, 0.2) is 0 Å². The highest BCUT2D eigenvalue weighted by atomic mass is 35.5. The van der Waals surface area contributed by atoms with E-state index in [1.54, 1.807) is 0 Å². The van der Waals surface area contributed by atoms with Gasteiger partial charge in [0, 0.05) is 11.1 Å². The molecule has 1 rings (SSSR count). The molecule has 0 spiro atoms. The van der Waals surface area contributed by atoms with Crippen molar-refractivity contribution in [1.82, 2.24) is 5.32 Å². The van der Waals surface area contributed by atoms with Gasteiger partial charge in [0.25, 0.3) is 0 Å². The van der Waals surface area contributed by atoms with Crippen molar-refractivity contribution in [3.8, 4) is 0 Å². The summed E-state index contributed by atoms with van der Waals surface area (Å²) >= 11 is 5.89. The lowest BCUT2D eigenvalue weighted by atomic mass is 9.89. The predicted octanol–water partition coefficient (Wildman–Crippen LogP) is 4.04. The van der Waals surface area contributed by atoms with Crippen LogP contribution in [0.3, 0.4) is 0 Å². The fourth-order valence-corrected chi connectivity index (χ4v) is 2.23. The molecule has 0 aromatic heterocycles. The van der Waals surface area contributed by atoms with E-state index >= 15 is 0 Å². The molecule has 1 nitrogen and oxygen atoms in total. The van der Waals surface area contributed by atoms with Gasteiger partial charge < -0.3 is 5.32 Å². The van der Waals surface area contributed by atoms with Crippen LogP contribution in [0, 0.1) is 5.92 Å². The molecule has 0 saturated heterocycles. The summed E-state index contributed by atoms with van der Waals surface area (Å²) in [4.78, 5) is 0. The number of hydrogen-bond donors (Lipinski definition) is 1. The first-order chi connectivity index (χ1) is 7.22. The molecule has 0 amide bonds. The van der Waals surface area contributed by atoms with E-state index in [9.17, 15) is 0 Å². The lowest BCUT2D eigenvalue weighted by Crippen LogP contribution is -2.24. The second kappa shape index (κ2) is 6.14. The minimum atomic E-state index is 0.442. The Morgan fingerprint density at radius 1 is 1.13 bits per heavy atom. The molecule has 0 bridgehead atoms. The summed E-state index contributed by atoms with van der Waals surface area (Å²) in [6.07, 6.45) is 2.40. The van der Waals surface area contributed by atoms with Crippen LogP contribution in [0.4, 0.5) is 0 Å². The zero-order valence-electron chi connectivity index (χ0n) is 9.76. The number of hydrogen-bond acceptors (Lipinski definition) is 1. The molecular formula is C13H20ClN. The molecule has 15 heavy (non-hydrogen) atoms. The molecule has 1 N–H and O–H groups in total. The lowest BCUT2D eigenvalue weighted by Gasteiger charge is -2.25. The second-order valence-corrected chi connectivity index (χ2v) is 4.33. The van der Waals surface area contributed by atoms with Crippen LogP contribution in [0.1, 0.15) is 38.3 Å². The molecular weight excluding hydrogens is 206 g/mol. The van der Waals surface area contributed by atoms with Gasteiger partial charge >= 0.3 is 0 Å². The van der Waals surface area contributed by atoms with Crippen LogP contribution in [-0.4, -0.2) is 7.05 Å². The molecule has 0 fully saturated rings. The van der Waals surface area contributed by atoms with Crippen LogP contribution in [0.25, 0.3) is 0 Å². The van der Waals surface area contributed by atoms with Crippen LogP contribution in [-0.2, 0) is 0 Å². The Labute approximate surface area is 97.8 Å². The Morgan fingerprint density at radius 3 is 2.07 bits per heavy atom. The Hall–Kier alpha value is -0.530. The maximum atomic E-state index is 5.89. The van der Waals surface area contributed by atoms with Crippen molar-refractivity contribution in [2.45, 2.75) is 32.7 Å². The summed E-state index contributed by atoms with van der Waals surface area (Å²) in [5.41, 5.74) is 1.33. The van der Waals surface area contributed by atoms with E-state index in [4.69, 9.17) is 11.6 Å². The molecule has 0 heterocycles. The zero-order chi connectivity index (χ0) is 11.3. The molecule has 0 radical (unpaired) electrons. The van der Waals surface area contributed by atoms with Crippen molar-refractivity contribution in [2.75, 3.05) is 7.05 Å². The quantitative estimate of drug-likeness (QED) is 0.798. The molecule has 0 aliphatic rings. The second-order valence-electron chi connectivity index (χ2n) is 3.89.